The lowest BCUT2D eigenvalue weighted by Gasteiger charge is -2.52. The molecule has 112 valence electrons. The summed E-state index contributed by atoms with van der Waals surface area (Å²) in [6.07, 6.45) is 5.45. The van der Waals surface area contributed by atoms with Gasteiger partial charge in [0.2, 0.25) is 0 Å². The summed E-state index contributed by atoms with van der Waals surface area (Å²) in [5.74, 6) is 1.69. The Morgan fingerprint density at radius 1 is 1.16 bits per heavy atom. The van der Waals surface area contributed by atoms with Crippen LogP contribution in [0.25, 0.3) is 0 Å². The first-order chi connectivity index (χ1) is 8.84. The molecule has 2 rings (SSSR count). The summed E-state index contributed by atoms with van der Waals surface area (Å²) in [7, 11) is 2.15. The number of nitrogens with zero attached hydrogens (tertiary/aromatic N) is 1. The monoisotopic (exact) mass is 266 g/mol. The Balaban J connectivity index is 2.15. The zero-order valence-corrected chi connectivity index (χ0v) is 13.9. The fourth-order valence-corrected chi connectivity index (χ4v) is 4.43. The van der Waals surface area contributed by atoms with Crippen molar-refractivity contribution in [3.05, 3.63) is 0 Å². The predicted octanol–water partition coefficient (Wildman–Crippen LogP) is 3.52. The lowest BCUT2D eigenvalue weighted by Crippen LogP contribution is -2.60. The topological polar surface area (TPSA) is 15.3 Å². The average molecular weight is 266 g/mol. The van der Waals surface area contributed by atoms with E-state index < -0.39 is 0 Å². The predicted molar refractivity (Wildman–Crippen MR) is 83.4 cm³/mol. The molecule has 1 heterocycles. The van der Waals surface area contributed by atoms with Gasteiger partial charge in [0, 0.05) is 24.7 Å². The fourth-order valence-electron chi connectivity index (χ4n) is 4.43. The van der Waals surface area contributed by atoms with Gasteiger partial charge in [0.05, 0.1) is 0 Å². The molecule has 5 atom stereocenters. The van der Waals surface area contributed by atoms with Crippen LogP contribution in [0.15, 0.2) is 0 Å². The highest BCUT2D eigenvalue weighted by atomic mass is 15.2. The molecule has 1 N–H and O–H groups in total. The van der Waals surface area contributed by atoms with Gasteiger partial charge in [0.1, 0.15) is 0 Å². The molecular weight excluding hydrogens is 232 g/mol. The highest BCUT2D eigenvalue weighted by Gasteiger charge is 2.41. The van der Waals surface area contributed by atoms with E-state index >= 15 is 0 Å². The molecule has 0 spiro atoms. The quantitative estimate of drug-likeness (QED) is 0.822. The maximum Gasteiger partial charge on any atom is 0.0257 e. The molecule has 2 nitrogen and oxygen atoms in total. The van der Waals surface area contributed by atoms with Crippen molar-refractivity contribution < 1.29 is 0 Å². The Morgan fingerprint density at radius 3 is 2.47 bits per heavy atom. The second-order valence-corrected chi connectivity index (χ2v) is 8.13. The summed E-state index contributed by atoms with van der Waals surface area (Å²) in [5, 5.41) is 3.60. The van der Waals surface area contributed by atoms with Crippen LogP contribution in [0.4, 0.5) is 0 Å². The van der Waals surface area contributed by atoms with E-state index in [2.05, 4.69) is 51.9 Å². The van der Waals surface area contributed by atoms with Crippen LogP contribution in [0.2, 0.25) is 0 Å². The summed E-state index contributed by atoms with van der Waals surface area (Å²) in [4.78, 5) is 2.83. The van der Waals surface area contributed by atoms with Crippen molar-refractivity contribution in [3.8, 4) is 0 Å². The summed E-state index contributed by atoms with van der Waals surface area (Å²) < 4.78 is 0. The third-order valence-electron chi connectivity index (χ3n) is 5.80. The van der Waals surface area contributed by atoms with Crippen LogP contribution in [0.3, 0.4) is 0 Å². The first kappa shape index (κ1) is 15.3. The lowest BCUT2D eigenvalue weighted by atomic mass is 9.71. The van der Waals surface area contributed by atoms with Crippen LogP contribution >= 0.6 is 0 Å². The van der Waals surface area contributed by atoms with E-state index in [1.807, 2.05) is 0 Å². The van der Waals surface area contributed by atoms with Crippen molar-refractivity contribution in [2.24, 2.45) is 17.3 Å². The van der Waals surface area contributed by atoms with Crippen LogP contribution in [-0.4, -0.2) is 36.6 Å². The molecule has 1 saturated carbocycles. The van der Waals surface area contributed by atoms with Gasteiger partial charge in [-0.15, -0.1) is 0 Å². The molecule has 0 aromatic carbocycles. The molecule has 1 aliphatic heterocycles. The Kier molecular flexibility index (Phi) is 4.62. The summed E-state index contributed by atoms with van der Waals surface area (Å²) in [6.45, 7) is 13.5. The largest absolute Gasteiger partial charge is 0.315 e. The van der Waals surface area contributed by atoms with Crippen LogP contribution in [0.5, 0.6) is 0 Å². The average Bonchev–Trinajstić information content (AvgIpc) is 2.33. The number of hydrogen-bond acceptors (Lipinski definition) is 2. The van der Waals surface area contributed by atoms with Crippen LogP contribution in [0.1, 0.15) is 60.3 Å². The number of piperidine rings is 1. The van der Waals surface area contributed by atoms with E-state index in [0.717, 1.165) is 23.9 Å². The van der Waals surface area contributed by atoms with Crippen molar-refractivity contribution in [1.29, 1.82) is 0 Å². The summed E-state index contributed by atoms with van der Waals surface area (Å²) in [6, 6.07) is 2.16. The van der Waals surface area contributed by atoms with Crippen molar-refractivity contribution in [2.75, 3.05) is 13.6 Å². The smallest absolute Gasteiger partial charge is 0.0257 e. The van der Waals surface area contributed by atoms with E-state index in [0.29, 0.717) is 11.5 Å². The Hall–Kier alpha value is -0.0800. The number of likely N-dealkylation sites (N-methyl/N-ethyl adjacent to an activating group) is 1. The van der Waals surface area contributed by atoms with Gasteiger partial charge in [-0.25, -0.2) is 0 Å². The molecule has 2 fully saturated rings. The van der Waals surface area contributed by atoms with Gasteiger partial charge in [-0.3, -0.25) is 4.90 Å². The second kappa shape index (κ2) is 5.73. The maximum absolute atomic E-state index is 3.60. The molecule has 0 aromatic heterocycles. The van der Waals surface area contributed by atoms with Crippen molar-refractivity contribution in [2.45, 2.75) is 78.4 Å². The van der Waals surface area contributed by atoms with E-state index in [1.165, 1.54) is 32.2 Å². The van der Waals surface area contributed by atoms with Crippen molar-refractivity contribution in [3.63, 3.8) is 0 Å². The van der Waals surface area contributed by atoms with Gasteiger partial charge >= 0.3 is 0 Å². The van der Waals surface area contributed by atoms with Gasteiger partial charge in [-0.2, -0.15) is 0 Å². The Morgan fingerprint density at radius 2 is 1.84 bits per heavy atom. The molecule has 1 saturated heterocycles. The Labute approximate surface area is 120 Å². The minimum Gasteiger partial charge on any atom is -0.315 e. The van der Waals surface area contributed by atoms with Gasteiger partial charge < -0.3 is 5.32 Å². The van der Waals surface area contributed by atoms with Gasteiger partial charge in [-0.1, -0.05) is 27.7 Å². The molecule has 0 bridgehead atoms. The second-order valence-electron chi connectivity index (χ2n) is 8.13. The normalized spacial score (nSPS) is 44.2. The molecule has 1 aliphatic carbocycles. The molecule has 5 unspecified atom stereocenters. The van der Waals surface area contributed by atoms with Crippen molar-refractivity contribution in [1.82, 2.24) is 10.2 Å². The zero-order chi connectivity index (χ0) is 14.2. The van der Waals surface area contributed by atoms with Gasteiger partial charge in [0.25, 0.3) is 0 Å². The van der Waals surface area contributed by atoms with E-state index in [1.54, 1.807) is 0 Å². The van der Waals surface area contributed by atoms with E-state index in [9.17, 15) is 0 Å². The highest BCUT2D eigenvalue weighted by Crippen LogP contribution is 2.40. The molecule has 0 aromatic rings. The summed E-state index contributed by atoms with van der Waals surface area (Å²) >= 11 is 0. The fraction of sp³-hybridized carbons (Fsp3) is 1.00. The minimum atomic E-state index is 0.516. The lowest BCUT2D eigenvalue weighted by molar-refractivity contribution is -0.0112. The van der Waals surface area contributed by atoms with Crippen LogP contribution in [0, 0.1) is 17.3 Å². The zero-order valence-electron chi connectivity index (χ0n) is 13.9. The van der Waals surface area contributed by atoms with E-state index in [4.69, 9.17) is 0 Å². The molecular formula is C17H34N2. The molecule has 2 heteroatoms. The third-order valence-corrected chi connectivity index (χ3v) is 5.80. The number of rotatable bonds is 2. The summed E-state index contributed by atoms with van der Waals surface area (Å²) in [5.41, 5.74) is 0.516. The minimum absolute atomic E-state index is 0.516. The number of likely N-dealkylation sites (tertiary alicyclic amines) is 1. The standard InChI is InChI=1S/C17H34N2/c1-12-9-13(2)14(3)19(11-12)16-10-17(4,5)8-7-15(16)18-6/h12-16,18H,7-11H2,1-6H3. The third kappa shape index (κ3) is 3.33. The maximum atomic E-state index is 3.60. The Bertz CT molecular complexity index is 300. The van der Waals surface area contributed by atoms with Gasteiger partial charge in [0.15, 0.2) is 0 Å². The SMILES string of the molecule is CNC1CCC(C)(C)CC1N1CC(C)CC(C)C1C. The van der Waals surface area contributed by atoms with Crippen LogP contribution in [-0.2, 0) is 0 Å². The molecule has 2 aliphatic rings. The molecule has 19 heavy (non-hydrogen) atoms. The number of nitrogens with one attached hydrogen (secondary N) is 1. The van der Waals surface area contributed by atoms with Crippen LogP contribution < -0.4 is 5.32 Å². The first-order valence-electron chi connectivity index (χ1n) is 8.27. The van der Waals surface area contributed by atoms with E-state index in [-0.39, 0.29) is 0 Å². The van der Waals surface area contributed by atoms with Crippen molar-refractivity contribution >= 4 is 0 Å². The van der Waals surface area contributed by atoms with Gasteiger partial charge in [-0.05, 0) is 56.9 Å². The molecule has 0 radical (unpaired) electrons. The molecule has 0 amide bonds. The number of hydrogen-bond donors (Lipinski definition) is 1. The first-order valence-corrected chi connectivity index (χ1v) is 8.27. The highest BCUT2D eigenvalue weighted by molar-refractivity contribution is 4.97.